The molecule has 6 aromatic carbocycles. The van der Waals surface area contributed by atoms with Crippen molar-refractivity contribution < 1.29 is 5.11 Å². The van der Waals surface area contributed by atoms with Gasteiger partial charge in [-0.05, 0) is 104 Å². The molecular formula is C54H55N3O. The standard InChI is InChI=1S/C54H55N3O/c1-33(2)39-25-40(27-41(26-39)47-29-36-19-14-15-20-38(36)32-55-47)43-21-16-22-49-50(43)56-52(45-30-42(53(5,6)7)31-46(51(45)58)54(8,9)10)57(49)48-24-23-37(28-44(48)34(3)4)35-17-12-11-13-18-35/h11-34,58H,1-10H3. The highest BCUT2D eigenvalue weighted by atomic mass is 16.3. The van der Waals surface area contributed by atoms with Gasteiger partial charge in [0.2, 0.25) is 0 Å². The lowest BCUT2D eigenvalue weighted by atomic mass is 9.79. The third kappa shape index (κ3) is 7.21. The van der Waals surface area contributed by atoms with Crippen LogP contribution in [0.25, 0.3) is 72.4 Å². The summed E-state index contributed by atoms with van der Waals surface area (Å²) in [5.41, 5.74) is 14.2. The third-order valence-electron chi connectivity index (χ3n) is 11.6. The van der Waals surface area contributed by atoms with Crippen LogP contribution in [0.3, 0.4) is 0 Å². The highest BCUT2D eigenvalue weighted by Crippen LogP contribution is 2.45. The lowest BCUT2D eigenvalue weighted by Gasteiger charge is -2.28. The summed E-state index contributed by atoms with van der Waals surface area (Å²) >= 11 is 0. The maximum absolute atomic E-state index is 12.4. The largest absolute Gasteiger partial charge is 0.507 e. The lowest BCUT2D eigenvalue weighted by Crippen LogP contribution is -2.17. The Labute approximate surface area is 344 Å². The van der Waals surface area contributed by atoms with Crippen LogP contribution in [-0.2, 0) is 10.8 Å². The number of aromatic hydroxyl groups is 1. The first-order valence-electron chi connectivity index (χ1n) is 20.7. The molecule has 0 aliphatic carbocycles. The Morgan fingerprint density at radius 1 is 0.569 bits per heavy atom. The summed E-state index contributed by atoms with van der Waals surface area (Å²) in [7, 11) is 0. The molecule has 292 valence electrons. The van der Waals surface area contributed by atoms with Crippen molar-refractivity contribution in [2.24, 2.45) is 0 Å². The molecule has 0 aliphatic rings. The molecule has 0 fully saturated rings. The number of fused-ring (bicyclic) bond motifs is 2. The van der Waals surface area contributed by atoms with Gasteiger partial charge in [-0.1, -0.05) is 154 Å². The van der Waals surface area contributed by atoms with Crippen LogP contribution in [-0.4, -0.2) is 19.6 Å². The summed E-state index contributed by atoms with van der Waals surface area (Å²) in [6.07, 6.45) is 1.97. The molecule has 2 aromatic heterocycles. The topological polar surface area (TPSA) is 50.9 Å². The van der Waals surface area contributed by atoms with Gasteiger partial charge >= 0.3 is 0 Å². The molecule has 8 rings (SSSR count). The number of imidazole rings is 1. The van der Waals surface area contributed by atoms with Crippen LogP contribution in [0.15, 0.2) is 134 Å². The van der Waals surface area contributed by atoms with Crippen molar-refractivity contribution in [3.8, 4) is 56.3 Å². The molecule has 0 bridgehead atoms. The Morgan fingerprint density at radius 2 is 1.28 bits per heavy atom. The van der Waals surface area contributed by atoms with Gasteiger partial charge < -0.3 is 5.11 Å². The van der Waals surface area contributed by atoms with Crippen molar-refractivity contribution in [3.05, 3.63) is 156 Å². The van der Waals surface area contributed by atoms with Crippen LogP contribution in [0, 0.1) is 0 Å². The van der Waals surface area contributed by atoms with Crippen molar-refractivity contribution >= 4 is 21.8 Å². The third-order valence-corrected chi connectivity index (χ3v) is 11.6. The number of nitrogens with zero attached hydrogens (tertiary/aromatic N) is 3. The molecule has 8 aromatic rings. The first-order chi connectivity index (χ1) is 27.6. The van der Waals surface area contributed by atoms with Crippen molar-refractivity contribution in [3.63, 3.8) is 0 Å². The summed E-state index contributed by atoms with van der Waals surface area (Å²) in [5, 5.41) is 14.7. The molecule has 4 nitrogen and oxygen atoms in total. The van der Waals surface area contributed by atoms with Crippen LogP contribution < -0.4 is 0 Å². The SMILES string of the molecule is CC(C)c1cc(-c2cc3ccccc3cn2)cc(-c2cccc3c2nc(-c2cc(C(C)(C)C)cc(C(C)(C)C)c2O)n3-c2ccc(-c3ccccc3)cc2C(C)C)c1. The van der Waals surface area contributed by atoms with Gasteiger partial charge in [-0.15, -0.1) is 0 Å². The number of hydrogen-bond donors (Lipinski definition) is 1. The fraction of sp³-hybridized carbons (Fsp3) is 0.259. The second-order valence-corrected chi connectivity index (χ2v) is 18.6. The molecule has 0 unspecified atom stereocenters. The normalized spacial score (nSPS) is 12.3. The maximum Gasteiger partial charge on any atom is 0.149 e. The number of aromatic nitrogens is 3. The van der Waals surface area contributed by atoms with Crippen LogP contribution in [0.2, 0.25) is 0 Å². The number of hydrogen-bond acceptors (Lipinski definition) is 3. The molecule has 0 radical (unpaired) electrons. The number of phenols is 1. The van der Waals surface area contributed by atoms with Gasteiger partial charge in [-0.2, -0.15) is 0 Å². The van der Waals surface area contributed by atoms with Crippen molar-refractivity contribution in [2.75, 3.05) is 0 Å². The molecule has 2 heterocycles. The van der Waals surface area contributed by atoms with Crippen LogP contribution in [0.4, 0.5) is 0 Å². The summed E-state index contributed by atoms with van der Waals surface area (Å²) in [6, 6.07) is 45.7. The van der Waals surface area contributed by atoms with E-state index in [1.54, 1.807) is 0 Å². The van der Waals surface area contributed by atoms with Crippen molar-refractivity contribution in [1.82, 2.24) is 14.5 Å². The monoisotopic (exact) mass is 761 g/mol. The van der Waals surface area contributed by atoms with Gasteiger partial charge in [-0.3, -0.25) is 9.55 Å². The molecule has 0 aliphatic heterocycles. The van der Waals surface area contributed by atoms with Gasteiger partial charge in [0, 0.05) is 28.3 Å². The average Bonchev–Trinajstić information content (AvgIpc) is 3.59. The predicted octanol–water partition coefficient (Wildman–Crippen LogP) is 14.8. The Kier molecular flexibility index (Phi) is 9.88. The van der Waals surface area contributed by atoms with E-state index in [9.17, 15) is 5.11 Å². The molecule has 0 spiro atoms. The maximum atomic E-state index is 12.4. The Hall–Kier alpha value is -6.00. The van der Waals surface area contributed by atoms with E-state index in [1.807, 2.05) is 6.20 Å². The van der Waals surface area contributed by atoms with Gasteiger partial charge in [0.05, 0.1) is 28.0 Å². The zero-order chi connectivity index (χ0) is 41.1. The van der Waals surface area contributed by atoms with E-state index >= 15 is 0 Å². The predicted molar refractivity (Wildman–Crippen MR) is 245 cm³/mol. The minimum atomic E-state index is -0.299. The second kappa shape index (κ2) is 14.7. The fourth-order valence-electron chi connectivity index (χ4n) is 8.13. The van der Waals surface area contributed by atoms with E-state index in [1.165, 1.54) is 27.6 Å². The average molecular weight is 762 g/mol. The Balaban J connectivity index is 1.44. The summed E-state index contributed by atoms with van der Waals surface area (Å²) in [6.45, 7) is 22.2. The number of rotatable bonds is 7. The summed E-state index contributed by atoms with van der Waals surface area (Å²) in [5.74, 6) is 1.52. The number of pyridine rings is 1. The summed E-state index contributed by atoms with van der Waals surface area (Å²) < 4.78 is 2.30. The van der Waals surface area contributed by atoms with Crippen LogP contribution in [0.5, 0.6) is 5.75 Å². The molecule has 0 atom stereocenters. The molecular weight excluding hydrogens is 707 g/mol. The first-order valence-corrected chi connectivity index (χ1v) is 20.7. The minimum absolute atomic E-state index is 0.157. The molecule has 58 heavy (non-hydrogen) atoms. The number of para-hydroxylation sites is 1. The van der Waals surface area contributed by atoms with Gasteiger partial charge in [0.1, 0.15) is 11.6 Å². The van der Waals surface area contributed by atoms with Gasteiger partial charge in [0.15, 0.2) is 0 Å². The van der Waals surface area contributed by atoms with Crippen LogP contribution >= 0.6 is 0 Å². The molecule has 4 heteroatoms. The molecule has 1 N–H and O–H groups in total. The molecule has 0 amide bonds. The molecule has 0 saturated carbocycles. The van der Waals surface area contributed by atoms with Gasteiger partial charge in [-0.25, -0.2) is 4.98 Å². The smallest absolute Gasteiger partial charge is 0.149 e. The Morgan fingerprint density at radius 3 is 1.97 bits per heavy atom. The van der Waals surface area contributed by atoms with E-state index in [2.05, 4.69) is 201 Å². The molecule has 0 saturated heterocycles. The van der Waals surface area contributed by atoms with Crippen molar-refractivity contribution in [2.45, 2.75) is 91.9 Å². The fourth-order valence-corrected chi connectivity index (χ4v) is 8.13. The highest BCUT2D eigenvalue weighted by molar-refractivity contribution is 5.97. The van der Waals surface area contributed by atoms with E-state index in [4.69, 9.17) is 9.97 Å². The van der Waals surface area contributed by atoms with E-state index < -0.39 is 0 Å². The second-order valence-electron chi connectivity index (χ2n) is 18.6. The van der Waals surface area contributed by atoms with E-state index in [-0.39, 0.29) is 22.5 Å². The van der Waals surface area contributed by atoms with E-state index in [0.717, 1.165) is 67.0 Å². The van der Waals surface area contributed by atoms with E-state index in [0.29, 0.717) is 5.92 Å². The van der Waals surface area contributed by atoms with Crippen molar-refractivity contribution in [1.29, 1.82) is 0 Å². The number of benzene rings is 6. The van der Waals surface area contributed by atoms with Gasteiger partial charge in [0.25, 0.3) is 0 Å². The van der Waals surface area contributed by atoms with Crippen LogP contribution in [0.1, 0.15) is 103 Å². The number of phenolic OH excluding ortho intramolecular Hbond substituents is 1. The quantitative estimate of drug-likeness (QED) is 0.176. The lowest BCUT2D eigenvalue weighted by molar-refractivity contribution is 0.446. The first kappa shape index (κ1) is 38.9. The minimum Gasteiger partial charge on any atom is -0.507 e. The Bertz CT molecular complexity index is 2810. The zero-order valence-electron chi connectivity index (χ0n) is 35.6. The highest BCUT2D eigenvalue weighted by Gasteiger charge is 2.29. The zero-order valence-corrected chi connectivity index (χ0v) is 35.6. The summed E-state index contributed by atoms with van der Waals surface area (Å²) in [4.78, 5) is 10.6.